The van der Waals surface area contributed by atoms with Crippen LogP contribution in [0.25, 0.3) is 0 Å². The molecule has 0 aromatic rings. The molecule has 0 amide bonds. The maximum Gasteiger partial charge on any atom is 0.306 e. The zero-order valence-corrected chi connectivity index (χ0v) is 47.4. The lowest BCUT2D eigenvalue weighted by atomic mass is 10.1. The molecular weight excluding hydrogens is 889 g/mol. The summed E-state index contributed by atoms with van der Waals surface area (Å²) in [6, 6.07) is 0. The SMILES string of the molecule is CC/C=C\C/C=C\C/C=C\C/C=C\C/C=C\CCCC(=O)OC(COC(=O)CCCCCCC/C=C\CCCCCCCCC)COC(=O)CCCCCCCCCCC/C=C\CCCCCCCCCC. The molecule has 0 aliphatic heterocycles. The van der Waals surface area contributed by atoms with Crippen molar-refractivity contribution in [1.29, 1.82) is 0 Å². The highest BCUT2D eigenvalue weighted by Gasteiger charge is 2.19. The smallest absolute Gasteiger partial charge is 0.306 e. The van der Waals surface area contributed by atoms with Gasteiger partial charge in [-0.3, -0.25) is 14.4 Å². The second-order valence-corrected chi connectivity index (χ2v) is 20.2. The molecule has 1 unspecified atom stereocenters. The lowest BCUT2D eigenvalue weighted by Crippen LogP contribution is -2.30. The van der Waals surface area contributed by atoms with Crippen molar-refractivity contribution < 1.29 is 28.6 Å². The minimum absolute atomic E-state index is 0.102. The van der Waals surface area contributed by atoms with Crippen molar-refractivity contribution in [2.75, 3.05) is 13.2 Å². The zero-order valence-electron chi connectivity index (χ0n) is 47.4. The van der Waals surface area contributed by atoms with Crippen molar-refractivity contribution in [2.24, 2.45) is 0 Å². The molecule has 6 nitrogen and oxygen atoms in total. The van der Waals surface area contributed by atoms with Crippen molar-refractivity contribution in [3.05, 3.63) is 85.1 Å². The predicted molar refractivity (Wildman–Crippen MR) is 311 cm³/mol. The number of unbranched alkanes of at least 4 members (excludes halogenated alkanes) is 30. The minimum Gasteiger partial charge on any atom is -0.462 e. The second-order valence-electron chi connectivity index (χ2n) is 20.2. The summed E-state index contributed by atoms with van der Waals surface area (Å²) in [5.74, 6) is -0.963. The number of allylic oxidation sites excluding steroid dienone is 14. The van der Waals surface area contributed by atoms with Gasteiger partial charge in [0.15, 0.2) is 6.10 Å². The van der Waals surface area contributed by atoms with E-state index in [0.29, 0.717) is 19.3 Å². The van der Waals surface area contributed by atoms with E-state index in [-0.39, 0.29) is 37.5 Å². The van der Waals surface area contributed by atoms with Gasteiger partial charge in [0.05, 0.1) is 0 Å². The normalized spacial score (nSPS) is 12.7. The number of rotatable bonds is 55. The molecule has 0 rings (SSSR count). The predicted octanol–water partition coefficient (Wildman–Crippen LogP) is 20.7. The Hall–Kier alpha value is -3.41. The monoisotopic (exact) mass is 1000 g/mol. The van der Waals surface area contributed by atoms with Crippen molar-refractivity contribution >= 4 is 17.9 Å². The van der Waals surface area contributed by atoms with Crippen LogP contribution in [0.3, 0.4) is 0 Å². The first-order chi connectivity index (χ1) is 35.5. The summed E-state index contributed by atoms with van der Waals surface area (Å²) in [4.78, 5) is 38.2. The molecule has 72 heavy (non-hydrogen) atoms. The number of carbonyl (C=O) groups excluding carboxylic acids is 3. The van der Waals surface area contributed by atoms with E-state index < -0.39 is 6.10 Å². The number of esters is 3. The summed E-state index contributed by atoms with van der Waals surface area (Å²) in [6.45, 7) is 6.49. The van der Waals surface area contributed by atoms with Gasteiger partial charge in [0.25, 0.3) is 0 Å². The van der Waals surface area contributed by atoms with E-state index >= 15 is 0 Å². The van der Waals surface area contributed by atoms with Crippen LogP contribution >= 0.6 is 0 Å². The highest BCUT2D eigenvalue weighted by atomic mass is 16.6. The van der Waals surface area contributed by atoms with E-state index in [4.69, 9.17) is 14.2 Å². The van der Waals surface area contributed by atoms with Gasteiger partial charge < -0.3 is 14.2 Å². The second kappa shape index (κ2) is 60.1. The molecule has 0 fully saturated rings. The molecule has 0 bridgehead atoms. The Labute approximate surface area is 445 Å². The van der Waals surface area contributed by atoms with Gasteiger partial charge in [0.2, 0.25) is 0 Å². The fourth-order valence-electron chi connectivity index (χ4n) is 8.53. The van der Waals surface area contributed by atoms with Gasteiger partial charge in [-0.15, -0.1) is 0 Å². The van der Waals surface area contributed by atoms with Gasteiger partial charge in [0, 0.05) is 19.3 Å². The van der Waals surface area contributed by atoms with Crippen LogP contribution in [-0.4, -0.2) is 37.2 Å². The average molecular weight is 1000 g/mol. The van der Waals surface area contributed by atoms with Crippen LogP contribution in [0, 0.1) is 0 Å². The van der Waals surface area contributed by atoms with E-state index in [0.717, 1.165) is 83.5 Å². The van der Waals surface area contributed by atoms with E-state index in [1.165, 1.54) is 167 Å². The zero-order chi connectivity index (χ0) is 52.2. The Morgan fingerprint density at radius 1 is 0.292 bits per heavy atom. The molecule has 0 aliphatic carbocycles. The third kappa shape index (κ3) is 57.5. The highest BCUT2D eigenvalue weighted by Crippen LogP contribution is 2.15. The molecule has 414 valence electrons. The van der Waals surface area contributed by atoms with Crippen molar-refractivity contribution in [3.63, 3.8) is 0 Å². The Balaban J connectivity index is 4.44. The van der Waals surface area contributed by atoms with Gasteiger partial charge in [0.1, 0.15) is 13.2 Å². The van der Waals surface area contributed by atoms with Gasteiger partial charge >= 0.3 is 17.9 Å². The summed E-state index contributed by atoms with van der Waals surface area (Å²) in [5.41, 5.74) is 0. The molecule has 0 N–H and O–H groups in total. The quantitative estimate of drug-likeness (QED) is 0.0261. The summed E-state index contributed by atoms with van der Waals surface area (Å²) < 4.78 is 16.8. The molecule has 0 saturated carbocycles. The highest BCUT2D eigenvalue weighted by molar-refractivity contribution is 5.71. The molecule has 0 aliphatic rings. The van der Waals surface area contributed by atoms with E-state index in [1.807, 2.05) is 0 Å². The van der Waals surface area contributed by atoms with Crippen LogP contribution < -0.4 is 0 Å². The third-order valence-corrected chi connectivity index (χ3v) is 13.1. The molecular formula is C66H114O6. The third-order valence-electron chi connectivity index (χ3n) is 13.1. The molecule has 0 spiro atoms. The largest absolute Gasteiger partial charge is 0.462 e. The number of hydrogen-bond donors (Lipinski definition) is 0. The number of ether oxygens (including phenoxy) is 3. The Morgan fingerprint density at radius 3 is 0.903 bits per heavy atom. The van der Waals surface area contributed by atoms with Crippen LogP contribution in [0.2, 0.25) is 0 Å². The Kier molecular flexibility index (Phi) is 57.3. The maximum atomic E-state index is 12.9. The van der Waals surface area contributed by atoms with Crippen LogP contribution in [0.5, 0.6) is 0 Å². The Bertz CT molecular complexity index is 1380. The van der Waals surface area contributed by atoms with Gasteiger partial charge in [-0.2, -0.15) is 0 Å². The van der Waals surface area contributed by atoms with Crippen LogP contribution in [-0.2, 0) is 28.6 Å². The first-order valence-corrected chi connectivity index (χ1v) is 30.6. The van der Waals surface area contributed by atoms with E-state index in [2.05, 4.69) is 106 Å². The van der Waals surface area contributed by atoms with E-state index in [1.54, 1.807) is 0 Å². The number of hydrogen-bond acceptors (Lipinski definition) is 6. The Morgan fingerprint density at radius 2 is 0.556 bits per heavy atom. The molecule has 0 aromatic heterocycles. The fourth-order valence-corrected chi connectivity index (χ4v) is 8.53. The standard InChI is InChI=1S/C66H114O6/c1-4-7-10-13-16-19-22-25-28-31-32-33-34-36-38-41-44-47-50-53-56-59-65(68)71-62-63(61-70-64(67)58-55-52-49-46-43-40-37-30-27-24-21-18-15-12-9-6-3)72-66(69)60-57-54-51-48-45-42-39-35-29-26-23-20-17-14-11-8-5-2/h8,11,17,20,26,29-32,37,39,42,48,51,63H,4-7,9-10,12-16,18-19,21-25,27-28,33-36,38,40-41,43-47,49-50,52-62H2,1-3H3/b11-8-,20-17-,29-26-,32-31-,37-30-,42-39-,51-48-. The molecule has 6 heteroatoms. The lowest BCUT2D eigenvalue weighted by molar-refractivity contribution is -0.167. The fraction of sp³-hybridized carbons (Fsp3) is 0.742. The van der Waals surface area contributed by atoms with Crippen molar-refractivity contribution in [2.45, 2.75) is 303 Å². The summed E-state index contributed by atoms with van der Waals surface area (Å²) in [6.07, 6.45) is 78.7. The van der Waals surface area contributed by atoms with E-state index in [9.17, 15) is 14.4 Å². The van der Waals surface area contributed by atoms with Gasteiger partial charge in [-0.1, -0.05) is 254 Å². The topological polar surface area (TPSA) is 78.9 Å². The van der Waals surface area contributed by atoms with Gasteiger partial charge in [-0.05, 0) is 109 Å². The maximum absolute atomic E-state index is 12.9. The average Bonchev–Trinajstić information content (AvgIpc) is 3.38. The molecule has 0 aromatic carbocycles. The number of carbonyl (C=O) groups is 3. The minimum atomic E-state index is -0.811. The molecule has 0 saturated heterocycles. The van der Waals surface area contributed by atoms with Gasteiger partial charge in [-0.25, -0.2) is 0 Å². The summed E-state index contributed by atoms with van der Waals surface area (Å²) in [5, 5.41) is 0. The lowest BCUT2D eigenvalue weighted by Gasteiger charge is -2.18. The van der Waals surface area contributed by atoms with Crippen LogP contribution in [0.15, 0.2) is 85.1 Å². The first kappa shape index (κ1) is 68.6. The molecule has 0 radical (unpaired) electrons. The van der Waals surface area contributed by atoms with Crippen LogP contribution in [0.1, 0.15) is 297 Å². The summed E-state index contributed by atoms with van der Waals surface area (Å²) in [7, 11) is 0. The summed E-state index contributed by atoms with van der Waals surface area (Å²) >= 11 is 0. The first-order valence-electron chi connectivity index (χ1n) is 30.6. The van der Waals surface area contributed by atoms with Crippen molar-refractivity contribution in [1.82, 2.24) is 0 Å². The molecule has 0 heterocycles. The van der Waals surface area contributed by atoms with Crippen molar-refractivity contribution in [3.8, 4) is 0 Å². The van der Waals surface area contributed by atoms with Crippen LogP contribution in [0.4, 0.5) is 0 Å². The molecule has 1 atom stereocenters.